The second-order valence-electron chi connectivity index (χ2n) is 3.30. The fourth-order valence-corrected chi connectivity index (χ4v) is 1.59. The third kappa shape index (κ3) is 3.57. The molecule has 1 rings (SSSR count). The molecule has 0 aromatic carbocycles. The first-order chi connectivity index (χ1) is 5.43. The Morgan fingerprint density at radius 2 is 2.45 bits per heavy atom. The van der Waals surface area contributed by atoms with E-state index in [0.29, 0.717) is 0 Å². The molecule has 0 radical (unpaired) electrons. The first-order valence-corrected chi connectivity index (χ1v) is 4.62. The van der Waals surface area contributed by atoms with Gasteiger partial charge in [-0.3, -0.25) is 0 Å². The molecule has 11 heavy (non-hydrogen) atoms. The molecule has 0 spiro atoms. The molecule has 1 aliphatic heterocycles. The van der Waals surface area contributed by atoms with Gasteiger partial charge in [0.15, 0.2) is 0 Å². The van der Waals surface area contributed by atoms with Crippen molar-refractivity contribution in [3.8, 4) is 0 Å². The quantitative estimate of drug-likeness (QED) is 0.447. The van der Waals surface area contributed by atoms with Crippen molar-refractivity contribution in [2.45, 2.75) is 32.1 Å². The number of unbranched alkanes of at least 4 members (excludes halogenated alkanes) is 1. The minimum atomic E-state index is 0.837. The van der Waals surface area contributed by atoms with Crippen molar-refractivity contribution in [2.24, 2.45) is 5.92 Å². The van der Waals surface area contributed by atoms with E-state index in [9.17, 15) is 0 Å². The lowest BCUT2D eigenvalue weighted by Gasteiger charge is -2.21. The van der Waals surface area contributed by atoms with Crippen molar-refractivity contribution in [3.63, 3.8) is 0 Å². The second kappa shape index (κ2) is 5.36. The van der Waals surface area contributed by atoms with E-state index in [1.165, 1.54) is 25.7 Å². The Balaban J connectivity index is 2.00. The number of hydrogen-bond acceptors (Lipinski definition) is 1. The van der Waals surface area contributed by atoms with Crippen LogP contribution in [0.5, 0.6) is 0 Å². The largest absolute Gasteiger partial charge is 0.381 e. The van der Waals surface area contributed by atoms with Gasteiger partial charge in [0.1, 0.15) is 0 Å². The summed E-state index contributed by atoms with van der Waals surface area (Å²) < 4.78 is 5.39. The van der Waals surface area contributed by atoms with Crippen LogP contribution in [-0.2, 0) is 4.74 Å². The summed E-state index contributed by atoms with van der Waals surface area (Å²) in [6, 6.07) is 0. The van der Waals surface area contributed by atoms with Gasteiger partial charge in [0, 0.05) is 13.2 Å². The number of rotatable bonds is 4. The van der Waals surface area contributed by atoms with Crippen molar-refractivity contribution in [3.05, 3.63) is 12.7 Å². The van der Waals surface area contributed by atoms with Gasteiger partial charge < -0.3 is 4.74 Å². The Bertz CT molecular complexity index is 103. The fourth-order valence-electron chi connectivity index (χ4n) is 1.59. The lowest BCUT2D eigenvalue weighted by Crippen LogP contribution is -2.16. The van der Waals surface area contributed by atoms with E-state index in [4.69, 9.17) is 4.74 Å². The molecule has 0 amide bonds. The molecule has 1 unspecified atom stereocenters. The van der Waals surface area contributed by atoms with Crippen LogP contribution < -0.4 is 0 Å². The Labute approximate surface area is 69.4 Å². The molecule has 0 aromatic heterocycles. The van der Waals surface area contributed by atoms with Crippen molar-refractivity contribution in [1.29, 1.82) is 0 Å². The summed E-state index contributed by atoms with van der Waals surface area (Å²) in [7, 11) is 0. The van der Waals surface area contributed by atoms with E-state index in [-0.39, 0.29) is 0 Å². The lowest BCUT2D eigenvalue weighted by atomic mass is 9.96. The molecule has 0 aromatic rings. The van der Waals surface area contributed by atoms with Crippen LogP contribution in [0.1, 0.15) is 32.1 Å². The van der Waals surface area contributed by atoms with E-state index in [1.807, 2.05) is 6.08 Å². The molecule has 0 aliphatic carbocycles. The zero-order chi connectivity index (χ0) is 7.94. The van der Waals surface area contributed by atoms with Crippen LogP contribution in [0.2, 0.25) is 0 Å². The van der Waals surface area contributed by atoms with Crippen molar-refractivity contribution in [1.82, 2.24) is 0 Å². The number of ether oxygens (including phenoxy) is 1. The highest BCUT2D eigenvalue weighted by atomic mass is 16.5. The number of hydrogen-bond donors (Lipinski definition) is 0. The highest BCUT2D eigenvalue weighted by Crippen LogP contribution is 2.19. The Kier molecular flexibility index (Phi) is 4.29. The van der Waals surface area contributed by atoms with Crippen molar-refractivity contribution < 1.29 is 4.74 Å². The molecule has 1 fully saturated rings. The van der Waals surface area contributed by atoms with E-state index >= 15 is 0 Å². The average Bonchev–Trinajstić information content (AvgIpc) is 2.07. The molecule has 1 heterocycles. The molecule has 1 aliphatic rings. The van der Waals surface area contributed by atoms with Gasteiger partial charge in [-0.05, 0) is 38.0 Å². The highest BCUT2D eigenvalue weighted by molar-refractivity contribution is 4.69. The maximum Gasteiger partial charge on any atom is 0.0494 e. The van der Waals surface area contributed by atoms with Gasteiger partial charge in [0.05, 0.1) is 0 Å². The smallest absolute Gasteiger partial charge is 0.0494 e. The van der Waals surface area contributed by atoms with Gasteiger partial charge in [-0.25, -0.2) is 0 Å². The van der Waals surface area contributed by atoms with E-state index in [2.05, 4.69) is 6.58 Å². The van der Waals surface area contributed by atoms with E-state index in [0.717, 1.165) is 25.6 Å². The normalized spacial score (nSPS) is 24.9. The third-order valence-electron chi connectivity index (χ3n) is 2.28. The van der Waals surface area contributed by atoms with Gasteiger partial charge >= 0.3 is 0 Å². The molecule has 1 atom stereocenters. The summed E-state index contributed by atoms with van der Waals surface area (Å²) in [5.41, 5.74) is 0. The zero-order valence-corrected chi connectivity index (χ0v) is 7.22. The molecular formula is C10H18O. The van der Waals surface area contributed by atoms with Gasteiger partial charge in [-0.1, -0.05) is 6.08 Å². The van der Waals surface area contributed by atoms with Gasteiger partial charge in [0.25, 0.3) is 0 Å². The molecule has 1 saturated heterocycles. The summed E-state index contributed by atoms with van der Waals surface area (Å²) in [4.78, 5) is 0. The fraction of sp³-hybridized carbons (Fsp3) is 0.800. The van der Waals surface area contributed by atoms with E-state index < -0.39 is 0 Å². The predicted octanol–water partition coefficient (Wildman–Crippen LogP) is 2.77. The van der Waals surface area contributed by atoms with Gasteiger partial charge in [-0.15, -0.1) is 6.58 Å². The minimum Gasteiger partial charge on any atom is -0.381 e. The molecule has 0 N–H and O–H groups in total. The van der Waals surface area contributed by atoms with Crippen LogP contribution in [0.25, 0.3) is 0 Å². The van der Waals surface area contributed by atoms with Gasteiger partial charge in [0.2, 0.25) is 0 Å². The zero-order valence-electron chi connectivity index (χ0n) is 7.22. The van der Waals surface area contributed by atoms with Crippen molar-refractivity contribution >= 4 is 0 Å². The first-order valence-electron chi connectivity index (χ1n) is 4.62. The van der Waals surface area contributed by atoms with Crippen LogP contribution in [0.3, 0.4) is 0 Å². The monoisotopic (exact) mass is 154 g/mol. The molecular weight excluding hydrogens is 136 g/mol. The molecule has 1 heteroatoms. The van der Waals surface area contributed by atoms with Crippen molar-refractivity contribution in [2.75, 3.05) is 13.2 Å². The highest BCUT2D eigenvalue weighted by Gasteiger charge is 2.12. The van der Waals surface area contributed by atoms with Crippen LogP contribution in [-0.4, -0.2) is 13.2 Å². The Hall–Kier alpha value is -0.300. The van der Waals surface area contributed by atoms with E-state index in [1.54, 1.807) is 0 Å². The van der Waals surface area contributed by atoms with Gasteiger partial charge in [-0.2, -0.15) is 0 Å². The molecule has 0 bridgehead atoms. The Morgan fingerprint density at radius 3 is 3.09 bits per heavy atom. The lowest BCUT2D eigenvalue weighted by molar-refractivity contribution is 0.0510. The summed E-state index contributed by atoms with van der Waals surface area (Å²) in [5.74, 6) is 0.837. The number of allylic oxidation sites excluding steroid dienone is 1. The second-order valence-corrected chi connectivity index (χ2v) is 3.30. The van der Waals surface area contributed by atoms with Crippen LogP contribution in [0.15, 0.2) is 12.7 Å². The summed E-state index contributed by atoms with van der Waals surface area (Å²) in [5, 5.41) is 0. The SMILES string of the molecule is C=CCCCC1CCCOC1. The first kappa shape index (κ1) is 8.79. The maximum atomic E-state index is 5.39. The third-order valence-corrected chi connectivity index (χ3v) is 2.28. The van der Waals surface area contributed by atoms with Crippen LogP contribution >= 0.6 is 0 Å². The maximum absolute atomic E-state index is 5.39. The Morgan fingerprint density at radius 1 is 1.55 bits per heavy atom. The topological polar surface area (TPSA) is 9.23 Å². The molecule has 0 saturated carbocycles. The molecule has 1 nitrogen and oxygen atoms in total. The summed E-state index contributed by atoms with van der Waals surface area (Å²) >= 11 is 0. The van der Waals surface area contributed by atoms with Crippen LogP contribution in [0.4, 0.5) is 0 Å². The molecule has 64 valence electrons. The predicted molar refractivity (Wildman–Crippen MR) is 47.6 cm³/mol. The minimum absolute atomic E-state index is 0.837. The standard InChI is InChI=1S/C10H18O/c1-2-3-4-6-10-7-5-8-11-9-10/h2,10H,1,3-9H2. The summed E-state index contributed by atoms with van der Waals surface area (Å²) in [6.07, 6.45) is 8.42. The van der Waals surface area contributed by atoms with Crippen LogP contribution in [0, 0.1) is 5.92 Å². The average molecular weight is 154 g/mol. The summed E-state index contributed by atoms with van der Waals surface area (Å²) in [6.45, 7) is 5.69.